The fraction of sp³-hybridized carbons (Fsp3) is 0.364. The normalized spacial score (nSPS) is 12.3. The van der Waals surface area contributed by atoms with E-state index in [9.17, 15) is 4.91 Å². The van der Waals surface area contributed by atoms with E-state index >= 15 is 0 Å². The molecule has 0 heterocycles. The zero-order valence-corrected chi connectivity index (χ0v) is 8.97. The summed E-state index contributed by atoms with van der Waals surface area (Å²) < 4.78 is 0. The minimum Gasteiger partial charge on any atom is -0.164 e. The van der Waals surface area contributed by atoms with Crippen LogP contribution in [0.15, 0.2) is 46.8 Å². The molecule has 0 spiro atoms. The fourth-order valence-electron chi connectivity index (χ4n) is 0.839. The van der Waals surface area contributed by atoms with Crippen LogP contribution in [-0.4, -0.2) is 6.21 Å². The van der Waals surface area contributed by atoms with Crippen molar-refractivity contribution in [3.63, 3.8) is 0 Å². The van der Waals surface area contributed by atoms with Crippen LogP contribution in [0.3, 0.4) is 0 Å². The molecule has 0 fully saturated rings. The molecule has 0 aliphatic rings. The van der Waals surface area contributed by atoms with Crippen molar-refractivity contribution in [2.24, 2.45) is 10.4 Å². The average molecular weight is 207 g/mol. The standard InChI is InChI=1S/C11H17N3O/c1-2-3-4-5-6-7-8-9-10-11-12-13-14-15/h5-11H,2-4H2,1H3,(H,13,15)/b6-5+,8-7+,10-9+,12-11+. The molecule has 0 unspecified atom stereocenters. The van der Waals surface area contributed by atoms with Gasteiger partial charge in [-0.1, -0.05) is 50.1 Å². The Balaban J connectivity index is 3.52. The van der Waals surface area contributed by atoms with Crippen LogP contribution >= 0.6 is 0 Å². The highest BCUT2D eigenvalue weighted by Gasteiger charge is 1.74. The summed E-state index contributed by atoms with van der Waals surface area (Å²) in [5, 5.41) is 5.81. The molecular formula is C11H17N3O. The number of nitroso groups, excluding NO2 is 1. The largest absolute Gasteiger partial charge is 0.164 e. The third kappa shape index (κ3) is 12.3. The van der Waals surface area contributed by atoms with Gasteiger partial charge in [-0.25, -0.2) is 0 Å². The maximum atomic E-state index is 9.54. The number of nitrogens with zero attached hydrogens (tertiary/aromatic N) is 2. The molecule has 0 radical (unpaired) electrons. The van der Waals surface area contributed by atoms with Crippen molar-refractivity contribution < 1.29 is 0 Å². The maximum Gasteiger partial charge on any atom is 0.0722 e. The molecule has 0 saturated carbocycles. The lowest BCUT2D eigenvalue weighted by molar-refractivity contribution is 0.804. The predicted octanol–water partition coefficient (Wildman–Crippen LogP) is 3.10. The Morgan fingerprint density at radius 1 is 1.13 bits per heavy atom. The summed E-state index contributed by atoms with van der Waals surface area (Å²) in [5.74, 6) is 0. The van der Waals surface area contributed by atoms with Gasteiger partial charge >= 0.3 is 0 Å². The van der Waals surface area contributed by atoms with E-state index in [1.165, 1.54) is 19.1 Å². The van der Waals surface area contributed by atoms with Crippen LogP contribution in [0.25, 0.3) is 0 Å². The minimum absolute atomic E-state index is 1.13. The van der Waals surface area contributed by atoms with E-state index in [0.29, 0.717) is 0 Å². The number of allylic oxidation sites excluding steroid dienone is 6. The number of hydrogen-bond donors (Lipinski definition) is 1. The van der Waals surface area contributed by atoms with Crippen LogP contribution in [0.2, 0.25) is 0 Å². The Hall–Kier alpha value is -1.71. The van der Waals surface area contributed by atoms with Gasteiger partial charge in [-0.05, 0) is 12.5 Å². The molecule has 4 nitrogen and oxygen atoms in total. The van der Waals surface area contributed by atoms with Gasteiger partial charge in [-0.15, -0.1) is 4.91 Å². The lowest BCUT2D eigenvalue weighted by atomic mass is 10.2. The summed E-state index contributed by atoms with van der Waals surface area (Å²) in [7, 11) is 0. The third-order valence-corrected chi connectivity index (χ3v) is 1.56. The maximum absolute atomic E-state index is 9.54. The van der Waals surface area contributed by atoms with E-state index in [4.69, 9.17) is 0 Å². The molecule has 0 aromatic rings. The molecule has 1 N–H and O–H groups in total. The first-order valence-corrected chi connectivity index (χ1v) is 5.00. The Labute approximate surface area is 90.4 Å². The molecule has 0 atom stereocenters. The van der Waals surface area contributed by atoms with Crippen LogP contribution in [0.1, 0.15) is 26.2 Å². The van der Waals surface area contributed by atoms with Crippen LogP contribution in [0.4, 0.5) is 0 Å². The second-order valence-electron chi connectivity index (χ2n) is 2.81. The van der Waals surface area contributed by atoms with Gasteiger partial charge in [-0.3, -0.25) is 0 Å². The van der Waals surface area contributed by atoms with Gasteiger partial charge in [0, 0.05) is 6.21 Å². The van der Waals surface area contributed by atoms with Gasteiger partial charge in [0.25, 0.3) is 0 Å². The smallest absolute Gasteiger partial charge is 0.0722 e. The zero-order chi connectivity index (χ0) is 11.2. The Kier molecular flexibility index (Phi) is 10.9. The summed E-state index contributed by atoms with van der Waals surface area (Å²) in [5.41, 5.74) is 1.92. The molecule has 0 amide bonds. The molecule has 82 valence electrons. The van der Waals surface area contributed by atoms with Crippen molar-refractivity contribution in [1.29, 1.82) is 0 Å². The van der Waals surface area contributed by atoms with Gasteiger partial charge < -0.3 is 0 Å². The molecule has 0 rings (SSSR count). The van der Waals surface area contributed by atoms with Gasteiger partial charge in [0.1, 0.15) is 0 Å². The first kappa shape index (κ1) is 13.3. The molecule has 0 bridgehead atoms. The topological polar surface area (TPSA) is 53.8 Å². The van der Waals surface area contributed by atoms with E-state index in [0.717, 1.165) is 6.42 Å². The van der Waals surface area contributed by atoms with Crippen molar-refractivity contribution in [2.75, 3.05) is 0 Å². The van der Waals surface area contributed by atoms with Crippen molar-refractivity contribution in [2.45, 2.75) is 26.2 Å². The van der Waals surface area contributed by atoms with Gasteiger partial charge in [0.2, 0.25) is 0 Å². The summed E-state index contributed by atoms with van der Waals surface area (Å²) >= 11 is 0. The number of nitrogens with one attached hydrogen (secondary N) is 1. The molecule has 0 aromatic heterocycles. The third-order valence-electron chi connectivity index (χ3n) is 1.56. The molecule has 0 saturated heterocycles. The highest BCUT2D eigenvalue weighted by Crippen LogP contribution is 1.94. The second-order valence-corrected chi connectivity index (χ2v) is 2.81. The molecule has 0 aliphatic carbocycles. The van der Waals surface area contributed by atoms with Crippen molar-refractivity contribution >= 4 is 6.21 Å². The first-order chi connectivity index (χ1) is 7.41. The quantitative estimate of drug-likeness (QED) is 0.218. The zero-order valence-electron chi connectivity index (χ0n) is 8.97. The van der Waals surface area contributed by atoms with Gasteiger partial charge in [0.15, 0.2) is 0 Å². The molecule has 0 aromatic carbocycles. The van der Waals surface area contributed by atoms with Crippen molar-refractivity contribution in [3.8, 4) is 0 Å². The monoisotopic (exact) mass is 207 g/mol. The first-order valence-electron chi connectivity index (χ1n) is 5.00. The summed E-state index contributed by atoms with van der Waals surface area (Å²) in [6.07, 6.45) is 16.6. The van der Waals surface area contributed by atoms with Crippen LogP contribution in [0, 0.1) is 4.91 Å². The Bertz CT molecular complexity index is 255. The highest BCUT2D eigenvalue weighted by atomic mass is 16.3. The molecule has 15 heavy (non-hydrogen) atoms. The number of hydrazone groups is 1. The van der Waals surface area contributed by atoms with Crippen LogP contribution in [0.5, 0.6) is 0 Å². The predicted molar refractivity (Wildman–Crippen MR) is 64.4 cm³/mol. The average Bonchev–Trinajstić information content (AvgIpc) is 2.26. The SMILES string of the molecule is CCCC/C=C/C=C/C=C/C=N/NN=O. The Morgan fingerprint density at radius 3 is 2.60 bits per heavy atom. The fourth-order valence-corrected chi connectivity index (χ4v) is 0.839. The van der Waals surface area contributed by atoms with E-state index in [1.807, 2.05) is 29.8 Å². The highest BCUT2D eigenvalue weighted by molar-refractivity contribution is 5.71. The molecular weight excluding hydrogens is 190 g/mol. The Morgan fingerprint density at radius 2 is 1.87 bits per heavy atom. The van der Waals surface area contributed by atoms with E-state index in [-0.39, 0.29) is 0 Å². The van der Waals surface area contributed by atoms with Crippen molar-refractivity contribution in [3.05, 3.63) is 41.4 Å². The molecule has 4 heteroatoms. The lowest BCUT2D eigenvalue weighted by Crippen LogP contribution is -1.89. The van der Waals surface area contributed by atoms with Crippen LogP contribution < -0.4 is 5.53 Å². The summed E-state index contributed by atoms with van der Waals surface area (Å²) in [6, 6.07) is 0. The van der Waals surface area contributed by atoms with E-state index < -0.39 is 0 Å². The minimum atomic E-state index is 1.13. The van der Waals surface area contributed by atoms with Gasteiger partial charge in [-0.2, -0.15) is 10.6 Å². The number of rotatable bonds is 8. The van der Waals surface area contributed by atoms with Crippen molar-refractivity contribution in [1.82, 2.24) is 5.53 Å². The van der Waals surface area contributed by atoms with Crippen LogP contribution in [-0.2, 0) is 0 Å². The van der Waals surface area contributed by atoms with Gasteiger partial charge in [0.05, 0.1) is 5.29 Å². The number of hydrogen-bond acceptors (Lipinski definition) is 3. The second kappa shape index (κ2) is 12.3. The summed E-state index contributed by atoms with van der Waals surface area (Å²) in [6.45, 7) is 2.17. The van der Waals surface area contributed by atoms with E-state index in [2.05, 4.69) is 23.4 Å². The number of unbranched alkanes of at least 4 members (excludes halogenated alkanes) is 2. The lowest BCUT2D eigenvalue weighted by Gasteiger charge is -1.85. The molecule has 0 aliphatic heterocycles. The summed E-state index contributed by atoms with van der Waals surface area (Å²) in [4.78, 5) is 9.54. The van der Waals surface area contributed by atoms with E-state index in [1.54, 1.807) is 6.08 Å².